The van der Waals surface area contributed by atoms with Crippen molar-refractivity contribution < 1.29 is 30.2 Å². The molecule has 0 N–H and O–H groups in total. The molecule has 1 unspecified atom stereocenters. The van der Waals surface area contributed by atoms with E-state index in [1.807, 2.05) is 40.1 Å². The summed E-state index contributed by atoms with van der Waals surface area (Å²) in [5, 5.41) is 0. The highest BCUT2D eigenvalue weighted by Gasteiger charge is 2.39. The fourth-order valence-electron chi connectivity index (χ4n) is 3.84. The van der Waals surface area contributed by atoms with Crippen LogP contribution in [0.2, 0.25) is 0 Å². The van der Waals surface area contributed by atoms with Gasteiger partial charge in [-0.25, -0.2) is 8.42 Å². The molecule has 0 aromatic carbocycles. The van der Waals surface area contributed by atoms with Gasteiger partial charge in [0, 0.05) is 24.2 Å². The van der Waals surface area contributed by atoms with E-state index in [0.717, 1.165) is 25.7 Å². The van der Waals surface area contributed by atoms with Crippen LogP contribution in [-0.4, -0.2) is 42.8 Å². The molecular formula is C17H25ClN2O3S. The summed E-state index contributed by atoms with van der Waals surface area (Å²) in [6.45, 7) is 0.286. The minimum atomic E-state index is -2.99. The quantitative estimate of drug-likeness (QED) is 0.594. The van der Waals surface area contributed by atoms with Gasteiger partial charge in [-0.1, -0.05) is 25.3 Å². The highest BCUT2D eigenvalue weighted by Crippen LogP contribution is 2.28. The predicted octanol–water partition coefficient (Wildman–Crippen LogP) is -1.67. The molecule has 7 heteroatoms. The Bertz CT molecular complexity index is 645. The van der Waals surface area contributed by atoms with E-state index in [1.165, 1.54) is 6.42 Å². The Morgan fingerprint density at radius 2 is 1.67 bits per heavy atom. The molecule has 134 valence electrons. The lowest BCUT2D eigenvalue weighted by molar-refractivity contribution is -0.685. The summed E-state index contributed by atoms with van der Waals surface area (Å²) in [7, 11) is -2.99. The van der Waals surface area contributed by atoms with E-state index in [0.29, 0.717) is 6.42 Å². The fraction of sp³-hybridized carbons (Fsp3) is 0.647. The Hall–Kier alpha value is -1.14. The van der Waals surface area contributed by atoms with Gasteiger partial charge in [0.05, 0.1) is 11.5 Å². The van der Waals surface area contributed by atoms with Gasteiger partial charge in [-0.05, 0) is 19.3 Å². The van der Waals surface area contributed by atoms with Gasteiger partial charge in [-0.3, -0.25) is 4.79 Å². The molecule has 0 spiro atoms. The molecule has 1 saturated heterocycles. The third-order valence-corrected chi connectivity index (χ3v) is 6.70. The molecule has 1 saturated carbocycles. The monoisotopic (exact) mass is 372 g/mol. The average molecular weight is 373 g/mol. The molecule has 3 rings (SSSR count). The van der Waals surface area contributed by atoms with E-state index in [2.05, 4.69) is 0 Å². The number of rotatable bonds is 4. The van der Waals surface area contributed by atoms with E-state index in [4.69, 9.17) is 0 Å². The van der Waals surface area contributed by atoms with Crippen LogP contribution >= 0.6 is 0 Å². The van der Waals surface area contributed by atoms with Crippen molar-refractivity contribution in [3.63, 3.8) is 0 Å². The van der Waals surface area contributed by atoms with Crippen molar-refractivity contribution in [1.82, 2.24) is 4.90 Å². The number of halogens is 1. The molecule has 1 atom stereocenters. The van der Waals surface area contributed by atoms with Crippen LogP contribution in [0, 0.1) is 0 Å². The maximum absolute atomic E-state index is 12.9. The molecule has 2 aliphatic rings. The number of hydrogen-bond acceptors (Lipinski definition) is 3. The second kappa shape index (κ2) is 8.30. The second-order valence-electron chi connectivity index (χ2n) is 6.70. The first-order valence-corrected chi connectivity index (χ1v) is 10.3. The molecule has 1 aromatic rings. The first-order valence-electron chi connectivity index (χ1n) is 8.51. The number of carbonyl (C=O) groups excluding carboxylic acids is 1. The van der Waals surface area contributed by atoms with Crippen LogP contribution < -0.4 is 17.0 Å². The highest BCUT2D eigenvalue weighted by atomic mass is 35.5. The molecular weight excluding hydrogens is 348 g/mol. The summed E-state index contributed by atoms with van der Waals surface area (Å²) in [6.07, 6.45) is 9.83. The summed E-state index contributed by atoms with van der Waals surface area (Å²) in [4.78, 5) is 14.8. The largest absolute Gasteiger partial charge is 1.00 e. The first kappa shape index (κ1) is 19.2. The lowest BCUT2D eigenvalue weighted by atomic mass is 9.93. The van der Waals surface area contributed by atoms with Crippen LogP contribution in [0.25, 0.3) is 0 Å². The summed E-state index contributed by atoms with van der Waals surface area (Å²) >= 11 is 0. The van der Waals surface area contributed by atoms with Crippen molar-refractivity contribution in [2.75, 3.05) is 11.5 Å². The van der Waals surface area contributed by atoms with Gasteiger partial charge in [0.25, 0.3) is 5.91 Å². The zero-order chi connectivity index (χ0) is 16.3. The lowest BCUT2D eigenvalue weighted by Crippen LogP contribution is -3.00. The molecule has 5 nitrogen and oxygen atoms in total. The van der Waals surface area contributed by atoms with Crippen LogP contribution in [0.4, 0.5) is 0 Å². The van der Waals surface area contributed by atoms with Crippen LogP contribution in [0.5, 0.6) is 0 Å². The summed E-state index contributed by atoms with van der Waals surface area (Å²) in [5.74, 6) is 0.400. The topological polar surface area (TPSA) is 58.3 Å². The van der Waals surface area contributed by atoms with Gasteiger partial charge >= 0.3 is 0 Å². The molecule has 24 heavy (non-hydrogen) atoms. The van der Waals surface area contributed by atoms with E-state index in [-0.39, 0.29) is 48.4 Å². The van der Waals surface area contributed by atoms with Crippen LogP contribution in [0.3, 0.4) is 0 Å². The molecule has 1 aliphatic carbocycles. The summed E-state index contributed by atoms with van der Waals surface area (Å²) in [6, 6.07) is 5.79. The smallest absolute Gasteiger partial charge is 0.289 e. The number of pyridine rings is 1. The Balaban J connectivity index is 0.00000208. The average Bonchev–Trinajstić information content (AvgIpc) is 2.89. The van der Waals surface area contributed by atoms with Crippen LogP contribution in [0.1, 0.15) is 38.5 Å². The molecule has 0 radical (unpaired) electrons. The maximum Gasteiger partial charge on any atom is 0.289 e. The van der Waals surface area contributed by atoms with Crippen LogP contribution in [0.15, 0.2) is 30.6 Å². The second-order valence-corrected chi connectivity index (χ2v) is 8.93. The molecule has 2 heterocycles. The van der Waals surface area contributed by atoms with Gasteiger partial charge in [0.2, 0.25) is 6.54 Å². The Morgan fingerprint density at radius 3 is 2.25 bits per heavy atom. The van der Waals surface area contributed by atoms with Gasteiger partial charge in [0.15, 0.2) is 22.2 Å². The summed E-state index contributed by atoms with van der Waals surface area (Å²) < 4.78 is 25.6. The van der Waals surface area contributed by atoms with Crippen molar-refractivity contribution in [3.8, 4) is 0 Å². The van der Waals surface area contributed by atoms with Gasteiger partial charge < -0.3 is 17.3 Å². The normalized spacial score (nSPS) is 23.4. The molecule has 1 aliphatic heterocycles. The van der Waals surface area contributed by atoms with Crippen molar-refractivity contribution in [1.29, 1.82) is 0 Å². The van der Waals surface area contributed by atoms with E-state index < -0.39 is 9.84 Å². The van der Waals surface area contributed by atoms with E-state index >= 15 is 0 Å². The minimum Gasteiger partial charge on any atom is -1.00 e. The number of aromatic nitrogens is 1. The third-order valence-electron chi connectivity index (χ3n) is 4.95. The molecule has 0 bridgehead atoms. The Morgan fingerprint density at radius 1 is 1.00 bits per heavy atom. The van der Waals surface area contributed by atoms with Gasteiger partial charge in [-0.15, -0.1) is 0 Å². The predicted molar refractivity (Wildman–Crippen MR) is 87.4 cm³/mol. The number of carbonyl (C=O) groups is 1. The third kappa shape index (κ3) is 4.70. The van der Waals surface area contributed by atoms with Gasteiger partial charge in [0.1, 0.15) is 0 Å². The standard InChI is InChI=1S/C17H25N2O3S.ClH/c20-17(13-18-10-5-2-6-11-18)19(15-7-3-1-4-8-15)16-9-12-23(21,22)14-16;/h2,5-6,10-11,15-16H,1,3-4,7-9,12-14H2;1H/q+1;/p-1. The van der Waals surface area contributed by atoms with Crippen molar-refractivity contribution >= 4 is 15.7 Å². The fourth-order valence-corrected chi connectivity index (χ4v) is 5.55. The van der Waals surface area contributed by atoms with Crippen molar-refractivity contribution in [2.24, 2.45) is 0 Å². The Kier molecular flexibility index (Phi) is 6.63. The molecule has 1 aromatic heterocycles. The van der Waals surface area contributed by atoms with Crippen LogP contribution in [-0.2, 0) is 21.2 Å². The SMILES string of the molecule is O=C(C[n+]1ccccc1)N(C1CCCCC1)C1CCS(=O)(=O)C1.[Cl-]. The minimum absolute atomic E-state index is 0. The zero-order valence-corrected chi connectivity index (χ0v) is 15.4. The number of amides is 1. The summed E-state index contributed by atoms with van der Waals surface area (Å²) in [5.41, 5.74) is 0. The lowest BCUT2D eigenvalue weighted by Gasteiger charge is -2.37. The van der Waals surface area contributed by atoms with E-state index in [9.17, 15) is 13.2 Å². The maximum atomic E-state index is 12.9. The first-order chi connectivity index (χ1) is 11.1. The number of nitrogens with zero attached hydrogens (tertiary/aromatic N) is 2. The van der Waals surface area contributed by atoms with Gasteiger partial charge in [-0.2, -0.15) is 4.57 Å². The Labute approximate surface area is 150 Å². The van der Waals surface area contributed by atoms with Crippen molar-refractivity contribution in [2.45, 2.75) is 57.2 Å². The molecule has 1 amide bonds. The highest BCUT2D eigenvalue weighted by molar-refractivity contribution is 7.91. The zero-order valence-electron chi connectivity index (χ0n) is 13.8. The van der Waals surface area contributed by atoms with E-state index in [1.54, 1.807) is 0 Å². The molecule has 2 fully saturated rings. The number of sulfone groups is 1. The van der Waals surface area contributed by atoms with Crippen molar-refractivity contribution in [3.05, 3.63) is 30.6 Å². The number of hydrogen-bond donors (Lipinski definition) is 0.